The zero-order chi connectivity index (χ0) is 34.8. The second-order valence-corrected chi connectivity index (χ2v) is 14.1. The third kappa shape index (κ3) is 4.39. The molecule has 10 rings (SSSR count). The fraction of sp³-hybridized carbons (Fsp3) is 0.0217. The van der Waals surface area contributed by atoms with Gasteiger partial charge in [-0.3, -0.25) is 0 Å². The fourth-order valence-electron chi connectivity index (χ4n) is 7.96. The van der Waals surface area contributed by atoms with E-state index in [1.54, 1.807) is 11.8 Å². The molecule has 1 spiro atoms. The predicted octanol–water partition coefficient (Wildman–Crippen LogP) is 10.6. The molecule has 1 aromatic heterocycles. The molecule has 0 fully saturated rings. The van der Waals surface area contributed by atoms with Gasteiger partial charge in [-0.25, -0.2) is 15.0 Å². The van der Waals surface area contributed by atoms with Gasteiger partial charge in [0.2, 0.25) is 0 Å². The number of benzene rings is 7. The van der Waals surface area contributed by atoms with E-state index in [4.69, 9.17) is 15.0 Å². The van der Waals surface area contributed by atoms with Crippen LogP contribution in [0.1, 0.15) is 33.4 Å². The van der Waals surface area contributed by atoms with E-state index in [9.17, 15) is 10.5 Å². The molecule has 240 valence electrons. The molecule has 1 unspecified atom stereocenters. The third-order valence-electron chi connectivity index (χ3n) is 10.2. The summed E-state index contributed by atoms with van der Waals surface area (Å²) in [5, 5.41) is 21.6. The molecule has 1 aliphatic carbocycles. The molecule has 6 heteroatoms. The lowest BCUT2D eigenvalue weighted by atomic mass is 9.67. The Labute approximate surface area is 304 Å². The minimum atomic E-state index is -0.661. The summed E-state index contributed by atoms with van der Waals surface area (Å²) in [5.74, 6) is 1.83. The van der Waals surface area contributed by atoms with Crippen molar-refractivity contribution in [3.8, 4) is 57.4 Å². The van der Waals surface area contributed by atoms with Crippen LogP contribution in [-0.4, -0.2) is 15.0 Å². The van der Waals surface area contributed by atoms with E-state index in [1.807, 2.05) is 72.8 Å². The Morgan fingerprint density at radius 1 is 0.423 bits per heavy atom. The normalized spacial score (nSPS) is 14.9. The molecular formula is C46H25N5S. The molecular weight excluding hydrogens is 655 g/mol. The summed E-state index contributed by atoms with van der Waals surface area (Å²) >= 11 is 1.78. The molecule has 0 saturated carbocycles. The van der Waals surface area contributed by atoms with Crippen LogP contribution in [0.2, 0.25) is 0 Å². The SMILES string of the molecule is N#Cc1cc2cc3c(cc2cc1C#N)C1(c2ccccc2Sc2ccc(-c4nc(-c5ccccc5)nc(-c5ccccc5)n4)cc21)c1ccccc1-3. The highest BCUT2D eigenvalue weighted by molar-refractivity contribution is 7.99. The van der Waals surface area contributed by atoms with Crippen LogP contribution in [-0.2, 0) is 5.41 Å². The van der Waals surface area contributed by atoms with Gasteiger partial charge in [-0.1, -0.05) is 121 Å². The maximum atomic E-state index is 9.95. The van der Waals surface area contributed by atoms with Crippen LogP contribution in [0.15, 0.2) is 161 Å². The maximum absolute atomic E-state index is 9.95. The van der Waals surface area contributed by atoms with Crippen LogP contribution < -0.4 is 0 Å². The van der Waals surface area contributed by atoms with Crippen molar-refractivity contribution >= 4 is 22.5 Å². The van der Waals surface area contributed by atoms with Gasteiger partial charge in [-0.15, -0.1) is 0 Å². The topological polar surface area (TPSA) is 86.2 Å². The Hall–Kier alpha value is -6.86. The molecule has 0 radical (unpaired) electrons. The Balaban J connectivity index is 1.27. The highest BCUT2D eigenvalue weighted by atomic mass is 32.2. The van der Waals surface area contributed by atoms with Crippen LogP contribution >= 0.6 is 11.8 Å². The van der Waals surface area contributed by atoms with Crippen LogP contribution in [0.25, 0.3) is 56.1 Å². The summed E-state index contributed by atoms with van der Waals surface area (Å²) in [5.41, 5.74) is 9.79. The molecule has 0 N–H and O–H groups in total. The number of hydrogen-bond donors (Lipinski definition) is 0. The van der Waals surface area contributed by atoms with Gasteiger partial charge in [-0.05, 0) is 86.6 Å². The molecule has 0 amide bonds. The number of rotatable bonds is 3. The van der Waals surface area contributed by atoms with Gasteiger partial charge < -0.3 is 0 Å². The lowest BCUT2D eigenvalue weighted by Gasteiger charge is -2.40. The average Bonchev–Trinajstić information content (AvgIpc) is 3.49. The maximum Gasteiger partial charge on any atom is 0.164 e. The Morgan fingerprint density at radius 3 is 1.62 bits per heavy atom. The first kappa shape index (κ1) is 30.0. The van der Waals surface area contributed by atoms with Crippen LogP contribution in [0.3, 0.4) is 0 Å². The van der Waals surface area contributed by atoms with Gasteiger partial charge in [0, 0.05) is 26.5 Å². The van der Waals surface area contributed by atoms with Gasteiger partial charge in [0.05, 0.1) is 16.5 Å². The minimum Gasteiger partial charge on any atom is -0.208 e. The summed E-state index contributed by atoms with van der Waals surface area (Å²) in [7, 11) is 0. The molecule has 1 aliphatic heterocycles. The lowest BCUT2D eigenvalue weighted by molar-refractivity contribution is 0.723. The number of nitriles is 2. The first-order valence-electron chi connectivity index (χ1n) is 17.0. The Morgan fingerprint density at radius 2 is 0.962 bits per heavy atom. The molecule has 5 nitrogen and oxygen atoms in total. The standard InChI is InChI=1S/C46H25N5S/c47-26-33-21-31-23-36-35-15-7-8-16-37(35)46(39(36)25-32(31)22-34(33)27-48)38-17-9-10-18-41(38)52-42-20-19-30(24-40(42)46)45-50-43(28-11-3-1-4-12-28)49-44(51-45)29-13-5-2-6-14-29/h1-25H. The molecule has 7 aromatic carbocycles. The number of hydrogen-bond acceptors (Lipinski definition) is 6. The van der Waals surface area contributed by atoms with E-state index < -0.39 is 5.41 Å². The van der Waals surface area contributed by atoms with Crippen molar-refractivity contribution in [1.82, 2.24) is 15.0 Å². The Bertz CT molecular complexity index is 2800. The summed E-state index contributed by atoms with van der Waals surface area (Å²) in [6, 6.07) is 56.6. The molecule has 2 heterocycles. The monoisotopic (exact) mass is 679 g/mol. The van der Waals surface area contributed by atoms with Gasteiger partial charge in [0.15, 0.2) is 17.5 Å². The van der Waals surface area contributed by atoms with E-state index in [1.165, 1.54) is 16.0 Å². The summed E-state index contributed by atoms with van der Waals surface area (Å²) in [6.45, 7) is 0. The van der Waals surface area contributed by atoms with E-state index >= 15 is 0 Å². The number of fused-ring (bicyclic) bond motifs is 10. The molecule has 0 saturated heterocycles. The van der Waals surface area contributed by atoms with Crippen molar-refractivity contribution in [3.63, 3.8) is 0 Å². The number of nitrogens with zero attached hydrogens (tertiary/aromatic N) is 5. The molecule has 52 heavy (non-hydrogen) atoms. The van der Waals surface area contributed by atoms with Gasteiger partial charge in [0.1, 0.15) is 12.1 Å². The predicted molar refractivity (Wildman–Crippen MR) is 204 cm³/mol. The quantitative estimate of drug-likeness (QED) is 0.185. The Kier molecular flexibility index (Phi) is 6.70. The van der Waals surface area contributed by atoms with Crippen molar-refractivity contribution in [2.24, 2.45) is 0 Å². The summed E-state index contributed by atoms with van der Waals surface area (Å²) in [6.07, 6.45) is 0. The van der Waals surface area contributed by atoms with Gasteiger partial charge in [0.25, 0.3) is 0 Å². The van der Waals surface area contributed by atoms with Crippen molar-refractivity contribution in [2.75, 3.05) is 0 Å². The zero-order valence-electron chi connectivity index (χ0n) is 27.6. The van der Waals surface area contributed by atoms with E-state index in [-0.39, 0.29) is 0 Å². The zero-order valence-corrected chi connectivity index (χ0v) is 28.4. The molecule has 2 aliphatic rings. The second-order valence-electron chi connectivity index (χ2n) is 13.0. The average molecular weight is 680 g/mol. The fourth-order valence-corrected chi connectivity index (χ4v) is 9.13. The van der Waals surface area contributed by atoms with E-state index in [0.29, 0.717) is 28.6 Å². The van der Waals surface area contributed by atoms with E-state index in [0.717, 1.165) is 54.6 Å². The van der Waals surface area contributed by atoms with E-state index in [2.05, 4.69) is 91.0 Å². The lowest BCUT2D eigenvalue weighted by Crippen LogP contribution is -2.32. The van der Waals surface area contributed by atoms with Crippen molar-refractivity contribution in [2.45, 2.75) is 15.2 Å². The highest BCUT2D eigenvalue weighted by Gasteiger charge is 2.50. The highest BCUT2D eigenvalue weighted by Crippen LogP contribution is 2.62. The minimum absolute atomic E-state index is 0.375. The third-order valence-corrected chi connectivity index (χ3v) is 11.4. The van der Waals surface area contributed by atoms with Gasteiger partial charge >= 0.3 is 0 Å². The molecule has 8 aromatic rings. The first-order valence-corrected chi connectivity index (χ1v) is 17.8. The van der Waals surface area contributed by atoms with Crippen molar-refractivity contribution in [1.29, 1.82) is 10.5 Å². The summed E-state index contributed by atoms with van der Waals surface area (Å²) < 4.78 is 0. The first-order chi connectivity index (χ1) is 25.6. The number of aromatic nitrogens is 3. The van der Waals surface area contributed by atoms with Gasteiger partial charge in [-0.2, -0.15) is 10.5 Å². The second kappa shape index (κ2) is 11.6. The van der Waals surface area contributed by atoms with Crippen LogP contribution in [0, 0.1) is 22.7 Å². The van der Waals surface area contributed by atoms with Crippen molar-refractivity contribution < 1.29 is 0 Å². The smallest absolute Gasteiger partial charge is 0.164 e. The largest absolute Gasteiger partial charge is 0.208 e. The van der Waals surface area contributed by atoms with Crippen LogP contribution in [0.5, 0.6) is 0 Å². The molecule has 1 atom stereocenters. The van der Waals surface area contributed by atoms with Crippen molar-refractivity contribution in [3.05, 3.63) is 185 Å². The van der Waals surface area contributed by atoms with Crippen LogP contribution in [0.4, 0.5) is 0 Å². The summed E-state index contributed by atoms with van der Waals surface area (Å²) in [4.78, 5) is 17.5. The molecule has 0 bridgehead atoms.